The Morgan fingerprint density at radius 2 is 2.00 bits per heavy atom. The first-order valence-electron chi connectivity index (χ1n) is 8.66. The van der Waals surface area contributed by atoms with Crippen LogP contribution in [0, 0.1) is 11.8 Å². The fraction of sp³-hybridized carbons (Fsp3) is 0.381. The van der Waals surface area contributed by atoms with E-state index in [1.54, 1.807) is 0 Å². The van der Waals surface area contributed by atoms with Crippen LogP contribution in [0.25, 0.3) is 0 Å². The molecule has 0 atom stereocenters. The average Bonchev–Trinajstić information content (AvgIpc) is 3.06. The van der Waals surface area contributed by atoms with Gasteiger partial charge in [0.1, 0.15) is 0 Å². The van der Waals surface area contributed by atoms with Crippen molar-refractivity contribution in [3.8, 4) is 11.8 Å². The standard InChI is InChI=1S/C21H22O2S2/c1-3-21(4-2)11-12-24-19-10-6-15(13-18(19)21)5-7-16-8-9-17(25-16)14-20(22)23/h6,8-10,13H,3-4,11-12,14H2,1-2H3,(H,22,23). The van der Waals surface area contributed by atoms with Crippen LogP contribution in [0.15, 0.2) is 35.2 Å². The lowest BCUT2D eigenvalue weighted by Gasteiger charge is -2.37. The van der Waals surface area contributed by atoms with E-state index in [2.05, 4.69) is 43.9 Å². The number of thiophene rings is 1. The molecule has 0 saturated heterocycles. The summed E-state index contributed by atoms with van der Waals surface area (Å²) in [6.07, 6.45) is 3.63. The lowest BCUT2D eigenvalue weighted by molar-refractivity contribution is -0.136. The van der Waals surface area contributed by atoms with Crippen LogP contribution < -0.4 is 0 Å². The minimum atomic E-state index is -0.802. The smallest absolute Gasteiger partial charge is 0.308 e. The topological polar surface area (TPSA) is 37.3 Å². The number of rotatable bonds is 4. The van der Waals surface area contributed by atoms with E-state index in [0.717, 1.165) is 28.2 Å². The summed E-state index contributed by atoms with van der Waals surface area (Å²) in [5.41, 5.74) is 2.79. The number of fused-ring (bicyclic) bond motifs is 1. The van der Waals surface area contributed by atoms with Crippen LogP contribution in [-0.2, 0) is 16.6 Å². The summed E-state index contributed by atoms with van der Waals surface area (Å²) < 4.78 is 0. The molecule has 2 aromatic rings. The number of benzene rings is 1. The largest absolute Gasteiger partial charge is 0.481 e. The van der Waals surface area contributed by atoms with Crippen molar-refractivity contribution in [2.24, 2.45) is 0 Å². The predicted molar refractivity (Wildman–Crippen MR) is 106 cm³/mol. The summed E-state index contributed by atoms with van der Waals surface area (Å²) in [6.45, 7) is 4.58. The van der Waals surface area contributed by atoms with Gasteiger partial charge < -0.3 is 5.11 Å². The van der Waals surface area contributed by atoms with Crippen LogP contribution in [-0.4, -0.2) is 16.8 Å². The van der Waals surface area contributed by atoms with Crippen molar-refractivity contribution in [1.82, 2.24) is 0 Å². The van der Waals surface area contributed by atoms with Crippen molar-refractivity contribution in [2.75, 3.05) is 5.75 Å². The van der Waals surface area contributed by atoms with Crippen molar-refractivity contribution < 1.29 is 9.90 Å². The molecule has 1 aliphatic rings. The number of aliphatic carboxylic acids is 1. The Bertz CT molecular complexity index is 835. The fourth-order valence-corrected chi connectivity index (χ4v) is 5.61. The molecule has 0 spiro atoms. The number of carboxylic acid groups (broad SMARTS) is 1. The van der Waals surface area contributed by atoms with Gasteiger partial charge in [-0.2, -0.15) is 0 Å². The molecule has 2 nitrogen and oxygen atoms in total. The molecule has 0 aliphatic carbocycles. The van der Waals surface area contributed by atoms with Crippen molar-refractivity contribution in [1.29, 1.82) is 0 Å². The summed E-state index contributed by atoms with van der Waals surface area (Å²) in [5, 5.41) is 8.86. The fourth-order valence-electron chi connectivity index (χ4n) is 3.45. The maximum Gasteiger partial charge on any atom is 0.308 e. The maximum absolute atomic E-state index is 10.8. The summed E-state index contributed by atoms with van der Waals surface area (Å²) in [5.74, 6) is 6.85. The van der Waals surface area contributed by atoms with E-state index in [1.165, 1.54) is 34.0 Å². The van der Waals surface area contributed by atoms with Gasteiger partial charge in [0.25, 0.3) is 0 Å². The van der Waals surface area contributed by atoms with Crippen molar-refractivity contribution in [2.45, 2.75) is 49.8 Å². The molecule has 130 valence electrons. The van der Waals surface area contributed by atoms with Gasteiger partial charge in [-0.05, 0) is 66.3 Å². The SMILES string of the molecule is CCC1(CC)CCSc2ccc(C#Cc3ccc(CC(=O)O)s3)cc21. The molecule has 0 bridgehead atoms. The van der Waals surface area contributed by atoms with Gasteiger partial charge in [0, 0.05) is 15.3 Å². The molecule has 1 aliphatic heterocycles. The third-order valence-corrected chi connectivity index (χ3v) is 7.14. The van der Waals surface area contributed by atoms with E-state index in [-0.39, 0.29) is 11.8 Å². The lowest BCUT2D eigenvalue weighted by atomic mass is 9.73. The number of carbonyl (C=O) groups is 1. The Morgan fingerprint density at radius 1 is 1.20 bits per heavy atom. The molecule has 2 heterocycles. The van der Waals surface area contributed by atoms with Crippen molar-refractivity contribution in [3.63, 3.8) is 0 Å². The van der Waals surface area contributed by atoms with E-state index in [9.17, 15) is 4.79 Å². The van der Waals surface area contributed by atoms with Crippen LogP contribution in [0.2, 0.25) is 0 Å². The normalized spacial score (nSPS) is 15.1. The molecular weight excluding hydrogens is 348 g/mol. The van der Waals surface area contributed by atoms with Gasteiger partial charge in [0.05, 0.1) is 11.3 Å². The molecule has 3 rings (SSSR count). The van der Waals surface area contributed by atoms with Gasteiger partial charge >= 0.3 is 5.97 Å². The molecule has 0 radical (unpaired) electrons. The van der Waals surface area contributed by atoms with E-state index >= 15 is 0 Å². The molecule has 0 fully saturated rings. The zero-order valence-electron chi connectivity index (χ0n) is 14.6. The van der Waals surface area contributed by atoms with Gasteiger partial charge in [0.2, 0.25) is 0 Å². The molecule has 0 amide bonds. The van der Waals surface area contributed by atoms with Gasteiger partial charge in [-0.3, -0.25) is 4.79 Å². The highest BCUT2D eigenvalue weighted by molar-refractivity contribution is 7.99. The third kappa shape index (κ3) is 3.94. The van der Waals surface area contributed by atoms with Crippen LogP contribution in [0.5, 0.6) is 0 Å². The van der Waals surface area contributed by atoms with E-state index in [0.29, 0.717) is 0 Å². The highest BCUT2D eigenvalue weighted by Crippen LogP contribution is 2.46. The maximum atomic E-state index is 10.8. The second-order valence-corrected chi connectivity index (χ2v) is 8.69. The van der Waals surface area contributed by atoms with Crippen LogP contribution in [0.4, 0.5) is 0 Å². The molecule has 25 heavy (non-hydrogen) atoms. The molecule has 0 unspecified atom stereocenters. The zero-order chi connectivity index (χ0) is 17.9. The highest BCUT2D eigenvalue weighted by atomic mass is 32.2. The number of hydrogen-bond donors (Lipinski definition) is 1. The van der Waals surface area contributed by atoms with Crippen LogP contribution in [0.1, 0.15) is 54.0 Å². The Labute approximate surface area is 157 Å². The third-order valence-electron chi connectivity index (χ3n) is 5.06. The van der Waals surface area contributed by atoms with E-state index < -0.39 is 5.97 Å². The number of hydrogen-bond acceptors (Lipinski definition) is 3. The number of thioether (sulfide) groups is 1. The molecule has 1 aromatic carbocycles. The molecule has 4 heteroatoms. The lowest BCUT2D eigenvalue weighted by Crippen LogP contribution is -2.28. The minimum Gasteiger partial charge on any atom is -0.481 e. The first-order chi connectivity index (χ1) is 12.1. The second kappa shape index (κ2) is 7.68. The zero-order valence-corrected chi connectivity index (χ0v) is 16.2. The van der Waals surface area contributed by atoms with Gasteiger partial charge in [-0.1, -0.05) is 25.7 Å². The number of carboxylic acids is 1. The summed E-state index contributed by atoms with van der Waals surface area (Å²) >= 11 is 3.41. The Hall–Kier alpha value is -1.70. The Kier molecular flexibility index (Phi) is 5.56. The Morgan fingerprint density at radius 3 is 2.72 bits per heavy atom. The summed E-state index contributed by atoms with van der Waals surface area (Å²) in [6, 6.07) is 10.4. The Balaban J connectivity index is 1.88. The van der Waals surface area contributed by atoms with E-state index in [4.69, 9.17) is 5.11 Å². The minimum absolute atomic E-state index is 0.0674. The molecule has 1 N–H and O–H groups in total. The van der Waals surface area contributed by atoms with Gasteiger partial charge in [-0.15, -0.1) is 23.1 Å². The van der Waals surface area contributed by atoms with Crippen molar-refractivity contribution in [3.05, 3.63) is 51.2 Å². The molecular formula is C21H22O2S2. The quantitative estimate of drug-likeness (QED) is 0.739. The molecule has 1 aromatic heterocycles. The summed E-state index contributed by atoms with van der Waals surface area (Å²) in [4.78, 5) is 13.9. The second-order valence-electron chi connectivity index (χ2n) is 6.38. The van der Waals surface area contributed by atoms with Gasteiger partial charge in [-0.25, -0.2) is 0 Å². The monoisotopic (exact) mass is 370 g/mol. The first-order valence-corrected chi connectivity index (χ1v) is 10.5. The van der Waals surface area contributed by atoms with Crippen LogP contribution >= 0.6 is 23.1 Å². The van der Waals surface area contributed by atoms with Gasteiger partial charge in [0.15, 0.2) is 0 Å². The van der Waals surface area contributed by atoms with Crippen LogP contribution in [0.3, 0.4) is 0 Å². The predicted octanol–water partition coefficient (Wildman–Crippen LogP) is 5.33. The molecule has 0 saturated carbocycles. The highest BCUT2D eigenvalue weighted by Gasteiger charge is 2.33. The first kappa shape index (κ1) is 18.1. The average molecular weight is 371 g/mol. The van der Waals surface area contributed by atoms with E-state index in [1.807, 2.05) is 23.9 Å². The van der Waals surface area contributed by atoms with Crippen molar-refractivity contribution >= 4 is 29.1 Å². The summed E-state index contributed by atoms with van der Waals surface area (Å²) in [7, 11) is 0.